The molecule has 0 N–H and O–H groups in total. The summed E-state index contributed by atoms with van der Waals surface area (Å²) in [5, 5.41) is 0. The van der Waals surface area contributed by atoms with E-state index >= 15 is 0 Å². The molecule has 1 aliphatic rings. The smallest absolute Gasteiger partial charge is 0.164 e. The first-order valence-electron chi connectivity index (χ1n) is 7.65. The number of fused-ring (bicyclic) bond motifs is 1. The maximum Gasteiger partial charge on any atom is 0.164 e. The average molecular weight is 279 g/mol. The third kappa shape index (κ3) is 3.15. The molecule has 2 nitrogen and oxygen atoms in total. The van der Waals surface area contributed by atoms with Crippen LogP contribution in [-0.2, 0) is 6.42 Å². The molecule has 0 saturated heterocycles. The van der Waals surface area contributed by atoms with Gasteiger partial charge in [-0.25, -0.2) is 0 Å². The number of rotatable bonds is 4. The quantitative estimate of drug-likeness (QED) is 0.790. The van der Waals surface area contributed by atoms with Crippen LogP contribution < -0.4 is 4.90 Å². The highest BCUT2D eigenvalue weighted by Crippen LogP contribution is 2.29. The molecule has 0 saturated carbocycles. The minimum absolute atomic E-state index is 0.228. The van der Waals surface area contributed by atoms with E-state index in [9.17, 15) is 4.79 Å². The van der Waals surface area contributed by atoms with Crippen molar-refractivity contribution in [2.45, 2.75) is 19.8 Å². The molecule has 1 atom stereocenters. The molecule has 2 aromatic carbocycles. The zero-order valence-corrected chi connectivity index (χ0v) is 12.5. The highest BCUT2D eigenvalue weighted by atomic mass is 16.1. The lowest BCUT2D eigenvalue weighted by Gasteiger charge is -2.34. The number of hydrogen-bond acceptors (Lipinski definition) is 2. The average Bonchev–Trinajstić information content (AvgIpc) is 2.53. The van der Waals surface area contributed by atoms with Crippen LogP contribution in [0.3, 0.4) is 0 Å². The first-order chi connectivity index (χ1) is 10.2. The summed E-state index contributed by atoms with van der Waals surface area (Å²) in [4.78, 5) is 14.6. The second kappa shape index (κ2) is 6.13. The lowest BCUT2D eigenvalue weighted by atomic mass is 9.93. The third-order valence-corrected chi connectivity index (χ3v) is 4.14. The standard InChI is InChI=1S/C19H21NO/c1-15-13-17-9-5-6-10-18(17)20(14-15)12-11-19(21)16-7-3-2-4-8-16/h2-10,15H,11-14H2,1H3. The van der Waals surface area contributed by atoms with E-state index in [4.69, 9.17) is 0 Å². The molecule has 0 bridgehead atoms. The summed E-state index contributed by atoms with van der Waals surface area (Å²) in [5.74, 6) is 0.873. The lowest BCUT2D eigenvalue weighted by Crippen LogP contribution is -2.35. The van der Waals surface area contributed by atoms with E-state index in [0.29, 0.717) is 12.3 Å². The Bertz CT molecular complexity index is 620. The molecule has 1 unspecified atom stereocenters. The third-order valence-electron chi connectivity index (χ3n) is 4.14. The topological polar surface area (TPSA) is 20.3 Å². The van der Waals surface area contributed by atoms with E-state index in [1.54, 1.807) is 0 Å². The molecule has 1 aliphatic heterocycles. The van der Waals surface area contributed by atoms with E-state index in [2.05, 4.69) is 36.1 Å². The Balaban J connectivity index is 1.70. The fourth-order valence-corrected chi connectivity index (χ4v) is 3.12. The summed E-state index contributed by atoms with van der Waals surface area (Å²) < 4.78 is 0. The van der Waals surface area contributed by atoms with Crippen LogP contribution in [0.4, 0.5) is 5.69 Å². The largest absolute Gasteiger partial charge is 0.371 e. The summed E-state index contributed by atoms with van der Waals surface area (Å²) in [6, 6.07) is 18.1. The molecule has 2 heteroatoms. The van der Waals surface area contributed by atoms with Gasteiger partial charge >= 0.3 is 0 Å². The first-order valence-corrected chi connectivity index (χ1v) is 7.65. The van der Waals surface area contributed by atoms with Crippen molar-refractivity contribution in [3.05, 3.63) is 65.7 Å². The number of nitrogens with zero attached hydrogens (tertiary/aromatic N) is 1. The van der Waals surface area contributed by atoms with Gasteiger partial charge in [-0.05, 0) is 24.0 Å². The van der Waals surface area contributed by atoms with Crippen LogP contribution in [0.15, 0.2) is 54.6 Å². The summed E-state index contributed by atoms with van der Waals surface area (Å²) in [6.45, 7) is 4.12. The van der Waals surface area contributed by atoms with Gasteiger partial charge in [0.15, 0.2) is 5.78 Å². The van der Waals surface area contributed by atoms with Crippen molar-refractivity contribution in [3.63, 3.8) is 0 Å². The van der Waals surface area contributed by atoms with Crippen LogP contribution in [0.1, 0.15) is 29.3 Å². The number of para-hydroxylation sites is 1. The van der Waals surface area contributed by atoms with E-state index < -0.39 is 0 Å². The zero-order chi connectivity index (χ0) is 14.7. The molecular formula is C19H21NO. The Morgan fingerprint density at radius 2 is 1.81 bits per heavy atom. The Morgan fingerprint density at radius 1 is 1.10 bits per heavy atom. The number of hydrogen-bond donors (Lipinski definition) is 0. The van der Waals surface area contributed by atoms with E-state index in [-0.39, 0.29) is 5.78 Å². The number of benzene rings is 2. The number of carbonyl (C=O) groups is 1. The fourth-order valence-electron chi connectivity index (χ4n) is 3.12. The van der Waals surface area contributed by atoms with Crippen LogP contribution in [-0.4, -0.2) is 18.9 Å². The van der Waals surface area contributed by atoms with Crippen LogP contribution in [0, 0.1) is 5.92 Å². The van der Waals surface area contributed by atoms with Crippen molar-refractivity contribution in [3.8, 4) is 0 Å². The number of ketones is 1. The van der Waals surface area contributed by atoms with Gasteiger partial charge in [-0.2, -0.15) is 0 Å². The molecule has 0 aromatic heterocycles. The van der Waals surface area contributed by atoms with E-state index in [1.165, 1.54) is 11.3 Å². The summed E-state index contributed by atoms with van der Waals surface area (Å²) >= 11 is 0. The minimum atomic E-state index is 0.228. The van der Waals surface area contributed by atoms with Gasteiger partial charge in [-0.15, -0.1) is 0 Å². The van der Waals surface area contributed by atoms with Crippen LogP contribution in [0.25, 0.3) is 0 Å². The van der Waals surface area contributed by atoms with Gasteiger partial charge < -0.3 is 4.90 Å². The van der Waals surface area contributed by atoms with Gasteiger partial charge in [-0.1, -0.05) is 55.5 Å². The van der Waals surface area contributed by atoms with Crippen LogP contribution >= 0.6 is 0 Å². The van der Waals surface area contributed by atoms with Crippen molar-refractivity contribution >= 4 is 11.5 Å². The number of carbonyl (C=O) groups excluding carboxylic acids is 1. The number of Topliss-reactive ketones (excluding diaryl/α,β-unsaturated/α-hetero) is 1. The van der Waals surface area contributed by atoms with E-state index in [1.807, 2.05) is 30.3 Å². The molecule has 0 amide bonds. The Hall–Kier alpha value is -2.09. The molecule has 0 aliphatic carbocycles. The maximum atomic E-state index is 12.3. The van der Waals surface area contributed by atoms with Crippen LogP contribution in [0.2, 0.25) is 0 Å². The van der Waals surface area contributed by atoms with Crippen molar-refractivity contribution in [2.75, 3.05) is 18.0 Å². The minimum Gasteiger partial charge on any atom is -0.371 e. The number of anilines is 1. The van der Waals surface area contributed by atoms with Gasteiger partial charge in [0.05, 0.1) is 0 Å². The van der Waals surface area contributed by atoms with Gasteiger partial charge in [0.2, 0.25) is 0 Å². The molecule has 21 heavy (non-hydrogen) atoms. The molecular weight excluding hydrogens is 258 g/mol. The van der Waals surface area contributed by atoms with Crippen LogP contribution in [0.5, 0.6) is 0 Å². The van der Waals surface area contributed by atoms with Crippen molar-refractivity contribution < 1.29 is 4.79 Å². The Morgan fingerprint density at radius 3 is 2.62 bits per heavy atom. The SMILES string of the molecule is CC1Cc2ccccc2N(CCC(=O)c2ccccc2)C1. The Labute approximate surface area is 126 Å². The molecule has 0 spiro atoms. The zero-order valence-electron chi connectivity index (χ0n) is 12.5. The van der Waals surface area contributed by atoms with Gasteiger partial charge in [0.1, 0.15) is 0 Å². The van der Waals surface area contributed by atoms with Gasteiger partial charge in [0.25, 0.3) is 0 Å². The predicted molar refractivity (Wildman–Crippen MR) is 86.9 cm³/mol. The van der Waals surface area contributed by atoms with Crippen molar-refractivity contribution in [1.29, 1.82) is 0 Å². The summed E-state index contributed by atoms with van der Waals surface area (Å²) in [7, 11) is 0. The summed E-state index contributed by atoms with van der Waals surface area (Å²) in [5.41, 5.74) is 3.52. The molecule has 108 valence electrons. The van der Waals surface area contributed by atoms with Gasteiger partial charge in [0, 0.05) is 30.8 Å². The first kappa shape index (κ1) is 13.9. The molecule has 0 radical (unpaired) electrons. The second-order valence-electron chi connectivity index (χ2n) is 5.92. The Kier molecular flexibility index (Phi) is 4.05. The second-order valence-corrected chi connectivity index (χ2v) is 5.92. The highest BCUT2D eigenvalue weighted by Gasteiger charge is 2.21. The highest BCUT2D eigenvalue weighted by molar-refractivity contribution is 5.96. The molecule has 0 fully saturated rings. The monoisotopic (exact) mass is 279 g/mol. The molecule has 2 aromatic rings. The van der Waals surface area contributed by atoms with Gasteiger partial charge in [-0.3, -0.25) is 4.79 Å². The lowest BCUT2D eigenvalue weighted by molar-refractivity contribution is 0.0984. The maximum absolute atomic E-state index is 12.3. The predicted octanol–water partition coefficient (Wildman–Crippen LogP) is 3.96. The molecule has 3 rings (SSSR count). The van der Waals surface area contributed by atoms with E-state index in [0.717, 1.165) is 25.1 Å². The fraction of sp³-hybridized carbons (Fsp3) is 0.316. The normalized spacial score (nSPS) is 17.4. The summed E-state index contributed by atoms with van der Waals surface area (Å²) in [6.07, 6.45) is 1.71. The van der Waals surface area contributed by atoms with Crippen molar-refractivity contribution in [2.24, 2.45) is 5.92 Å². The van der Waals surface area contributed by atoms with Crippen molar-refractivity contribution in [1.82, 2.24) is 0 Å². The molecule has 1 heterocycles.